The van der Waals surface area contributed by atoms with Crippen LogP contribution in [0.4, 0.5) is 5.69 Å². The number of carbonyl (C=O) groups is 1. The summed E-state index contributed by atoms with van der Waals surface area (Å²) in [5.41, 5.74) is 3.99. The van der Waals surface area contributed by atoms with Crippen molar-refractivity contribution in [2.75, 3.05) is 5.32 Å². The topological polar surface area (TPSA) is 85.6 Å². The van der Waals surface area contributed by atoms with Crippen LogP contribution in [0.1, 0.15) is 27.3 Å². The molecule has 0 bridgehead atoms. The first-order valence-corrected chi connectivity index (χ1v) is 8.02. The molecule has 24 heavy (non-hydrogen) atoms. The van der Waals surface area contributed by atoms with Crippen molar-refractivity contribution in [1.82, 2.24) is 24.7 Å². The van der Waals surface area contributed by atoms with Crippen LogP contribution in [0.5, 0.6) is 0 Å². The number of amides is 1. The minimum absolute atomic E-state index is 0.276. The predicted octanol–water partition coefficient (Wildman–Crippen LogP) is 3.00. The summed E-state index contributed by atoms with van der Waals surface area (Å²) in [5.74, 6) is 0.188. The summed E-state index contributed by atoms with van der Waals surface area (Å²) < 4.78 is 2.43. The number of nitrogens with zero attached hydrogens (tertiary/aromatic N) is 5. The van der Waals surface area contributed by atoms with Crippen molar-refractivity contribution >= 4 is 27.5 Å². The maximum Gasteiger partial charge on any atom is 0.257 e. The molecule has 1 amide bonds. The van der Waals surface area contributed by atoms with E-state index in [0.29, 0.717) is 17.2 Å². The second-order valence-corrected chi connectivity index (χ2v) is 6.24. The molecule has 3 rings (SSSR count). The molecular formula is C16H15BrN6O. The fourth-order valence-corrected chi connectivity index (χ4v) is 2.51. The molecule has 7 nitrogen and oxygen atoms in total. The monoisotopic (exact) mass is 386 g/mol. The highest BCUT2D eigenvalue weighted by atomic mass is 79.9. The van der Waals surface area contributed by atoms with Gasteiger partial charge in [0.05, 0.1) is 29.3 Å². The number of aryl methyl sites for hydroxylation is 1. The lowest BCUT2D eigenvalue weighted by molar-refractivity contribution is 0.102. The molecule has 0 radical (unpaired) electrons. The summed E-state index contributed by atoms with van der Waals surface area (Å²) in [4.78, 5) is 24.7. The molecule has 0 spiro atoms. The van der Waals surface area contributed by atoms with Gasteiger partial charge in [-0.05, 0) is 48.3 Å². The van der Waals surface area contributed by atoms with Gasteiger partial charge >= 0.3 is 0 Å². The number of aromatic nitrogens is 5. The lowest BCUT2D eigenvalue weighted by atomic mass is 10.2. The van der Waals surface area contributed by atoms with Gasteiger partial charge < -0.3 is 5.32 Å². The number of hydrogen-bond donors (Lipinski definition) is 1. The fourth-order valence-electron chi connectivity index (χ4n) is 2.15. The first-order valence-electron chi connectivity index (χ1n) is 7.23. The maximum absolute atomic E-state index is 12.2. The number of anilines is 1. The molecule has 0 aliphatic carbocycles. The van der Waals surface area contributed by atoms with Crippen molar-refractivity contribution in [3.63, 3.8) is 0 Å². The van der Waals surface area contributed by atoms with Crippen LogP contribution in [0, 0.1) is 20.8 Å². The molecule has 3 aromatic rings. The number of pyridine rings is 1. The van der Waals surface area contributed by atoms with Gasteiger partial charge in [0.1, 0.15) is 0 Å². The van der Waals surface area contributed by atoms with Gasteiger partial charge in [0.15, 0.2) is 0 Å². The Morgan fingerprint density at radius 3 is 2.42 bits per heavy atom. The van der Waals surface area contributed by atoms with Crippen molar-refractivity contribution in [3.8, 4) is 5.95 Å². The Morgan fingerprint density at radius 2 is 1.83 bits per heavy atom. The minimum atomic E-state index is -0.276. The van der Waals surface area contributed by atoms with E-state index >= 15 is 0 Å². The summed E-state index contributed by atoms with van der Waals surface area (Å²) in [5, 5.41) is 7.16. The normalized spacial score (nSPS) is 10.7. The molecule has 0 atom stereocenters. The van der Waals surface area contributed by atoms with E-state index in [1.807, 2.05) is 20.8 Å². The SMILES string of the molecule is Cc1nn(-c2ncc(NC(=O)c3cncc(Br)c3)cn2)c(C)c1C. The Hall–Kier alpha value is -2.61. The predicted molar refractivity (Wildman–Crippen MR) is 93.3 cm³/mol. The lowest BCUT2D eigenvalue weighted by Gasteiger charge is -2.06. The van der Waals surface area contributed by atoms with Crippen molar-refractivity contribution in [1.29, 1.82) is 0 Å². The second-order valence-electron chi connectivity index (χ2n) is 5.33. The van der Waals surface area contributed by atoms with Crippen molar-refractivity contribution < 1.29 is 4.79 Å². The molecule has 122 valence electrons. The Labute approximate surface area is 147 Å². The highest BCUT2D eigenvalue weighted by Crippen LogP contribution is 2.15. The number of rotatable bonds is 3. The molecule has 1 N–H and O–H groups in total. The fraction of sp³-hybridized carbons (Fsp3) is 0.188. The van der Waals surface area contributed by atoms with E-state index in [2.05, 4.69) is 41.3 Å². The first-order chi connectivity index (χ1) is 11.5. The average Bonchev–Trinajstić information content (AvgIpc) is 2.83. The third-order valence-corrected chi connectivity index (χ3v) is 4.14. The molecule has 3 aromatic heterocycles. The van der Waals surface area contributed by atoms with Gasteiger partial charge in [-0.2, -0.15) is 5.10 Å². The van der Waals surface area contributed by atoms with Crippen LogP contribution >= 0.6 is 15.9 Å². The van der Waals surface area contributed by atoms with Gasteiger partial charge in [-0.25, -0.2) is 14.6 Å². The van der Waals surface area contributed by atoms with E-state index < -0.39 is 0 Å². The van der Waals surface area contributed by atoms with Crippen LogP contribution in [-0.2, 0) is 0 Å². The summed E-state index contributed by atoms with van der Waals surface area (Å²) in [6.07, 6.45) is 6.22. The van der Waals surface area contributed by atoms with Crippen molar-refractivity contribution in [2.45, 2.75) is 20.8 Å². The molecular weight excluding hydrogens is 372 g/mol. The molecule has 0 aromatic carbocycles. The van der Waals surface area contributed by atoms with Gasteiger partial charge in [0.25, 0.3) is 11.9 Å². The van der Waals surface area contributed by atoms with E-state index in [9.17, 15) is 4.79 Å². The molecule has 8 heteroatoms. The van der Waals surface area contributed by atoms with Crippen molar-refractivity contribution in [2.24, 2.45) is 0 Å². The summed E-state index contributed by atoms with van der Waals surface area (Å²) in [7, 11) is 0. The number of hydrogen-bond acceptors (Lipinski definition) is 5. The van der Waals surface area contributed by atoms with E-state index in [-0.39, 0.29) is 5.91 Å². The largest absolute Gasteiger partial charge is 0.319 e. The summed E-state index contributed by atoms with van der Waals surface area (Å²) in [6.45, 7) is 5.92. The number of halogens is 1. The maximum atomic E-state index is 12.2. The van der Waals surface area contributed by atoms with Crippen molar-refractivity contribution in [3.05, 3.63) is 57.8 Å². The van der Waals surface area contributed by atoms with Crippen LogP contribution in [0.3, 0.4) is 0 Å². The number of carbonyl (C=O) groups excluding carboxylic acids is 1. The van der Waals surface area contributed by atoms with Gasteiger partial charge in [-0.3, -0.25) is 9.78 Å². The average molecular weight is 387 g/mol. The van der Waals surface area contributed by atoms with E-state index in [1.165, 1.54) is 6.20 Å². The van der Waals surface area contributed by atoms with E-state index in [4.69, 9.17) is 0 Å². The summed E-state index contributed by atoms with van der Waals surface area (Å²) in [6, 6.07) is 1.69. The zero-order valence-electron chi connectivity index (χ0n) is 13.4. The van der Waals surface area contributed by atoms with Crippen LogP contribution in [-0.4, -0.2) is 30.6 Å². The first kappa shape index (κ1) is 16.3. The zero-order chi connectivity index (χ0) is 17.3. The Kier molecular flexibility index (Phi) is 4.39. The van der Waals surface area contributed by atoms with Gasteiger partial charge in [-0.1, -0.05) is 0 Å². The van der Waals surface area contributed by atoms with Crippen LogP contribution in [0.25, 0.3) is 5.95 Å². The molecule has 3 heterocycles. The third kappa shape index (κ3) is 3.18. The quantitative estimate of drug-likeness (QED) is 0.747. The third-order valence-electron chi connectivity index (χ3n) is 3.71. The highest BCUT2D eigenvalue weighted by molar-refractivity contribution is 9.10. The van der Waals surface area contributed by atoms with E-state index in [1.54, 1.807) is 29.3 Å². The standard InChI is InChI=1S/C16H15BrN6O/c1-9-10(2)22-23(11(9)3)16-19-7-14(8-20-16)21-15(24)12-4-13(17)6-18-5-12/h4-8H,1-3H3,(H,21,24). The zero-order valence-corrected chi connectivity index (χ0v) is 15.0. The van der Waals surface area contributed by atoms with Gasteiger partial charge in [-0.15, -0.1) is 0 Å². The minimum Gasteiger partial charge on any atom is -0.319 e. The van der Waals surface area contributed by atoms with Crippen LogP contribution in [0.2, 0.25) is 0 Å². The molecule has 0 saturated carbocycles. The molecule has 0 saturated heterocycles. The summed E-state index contributed by atoms with van der Waals surface area (Å²) >= 11 is 3.29. The van der Waals surface area contributed by atoms with Crippen LogP contribution in [0.15, 0.2) is 35.3 Å². The second kappa shape index (κ2) is 6.48. The van der Waals surface area contributed by atoms with Gasteiger partial charge in [0, 0.05) is 22.6 Å². The molecule has 0 aliphatic heterocycles. The Balaban J connectivity index is 1.80. The van der Waals surface area contributed by atoms with Gasteiger partial charge in [0.2, 0.25) is 0 Å². The lowest BCUT2D eigenvalue weighted by Crippen LogP contribution is -2.13. The number of nitrogens with one attached hydrogen (secondary N) is 1. The van der Waals surface area contributed by atoms with E-state index in [0.717, 1.165) is 21.4 Å². The molecule has 0 aliphatic rings. The van der Waals surface area contributed by atoms with Crippen LogP contribution < -0.4 is 5.32 Å². The molecule has 0 fully saturated rings. The smallest absolute Gasteiger partial charge is 0.257 e. The molecule has 0 unspecified atom stereocenters. The highest BCUT2D eigenvalue weighted by Gasteiger charge is 2.12. The Morgan fingerprint density at radius 1 is 1.12 bits per heavy atom. The Bertz CT molecular complexity index is 903.